The Morgan fingerprint density at radius 2 is 1.78 bits per heavy atom. The van der Waals surface area contributed by atoms with Crippen LogP contribution in [0.3, 0.4) is 0 Å². The fourth-order valence-corrected chi connectivity index (χ4v) is 4.58. The zero-order valence-corrected chi connectivity index (χ0v) is 21.2. The van der Waals surface area contributed by atoms with E-state index in [1.54, 1.807) is 32.7 Å². The van der Waals surface area contributed by atoms with Crippen LogP contribution in [0.5, 0.6) is 17.4 Å². The van der Waals surface area contributed by atoms with Crippen molar-refractivity contribution in [3.05, 3.63) is 65.5 Å². The van der Waals surface area contributed by atoms with Gasteiger partial charge in [0.15, 0.2) is 17.1 Å². The maximum atomic E-state index is 6.28. The summed E-state index contributed by atoms with van der Waals surface area (Å²) in [6.45, 7) is 0.864. The van der Waals surface area contributed by atoms with Crippen LogP contribution in [-0.4, -0.2) is 33.7 Å². The van der Waals surface area contributed by atoms with Gasteiger partial charge in [0.1, 0.15) is 12.1 Å². The van der Waals surface area contributed by atoms with Crippen molar-refractivity contribution in [2.45, 2.75) is 45.3 Å². The molecular weight excluding hydrogens is 466 g/mol. The summed E-state index contributed by atoms with van der Waals surface area (Å²) < 4.78 is 18.6. The van der Waals surface area contributed by atoms with Gasteiger partial charge in [-0.25, -0.2) is 15.0 Å². The number of methoxy groups -OCH3 is 2. The third kappa shape index (κ3) is 5.78. The van der Waals surface area contributed by atoms with Gasteiger partial charge < -0.3 is 19.9 Å². The van der Waals surface area contributed by atoms with E-state index < -0.39 is 0 Å². The molecule has 1 aliphatic rings. The van der Waals surface area contributed by atoms with Crippen LogP contribution in [-0.2, 0) is 13.2 Å². The first-order valence-electron chi connectivity index (χ1n) is 12.5. The Morgan fingerprint density at radius 3 is 2.54 bits per heavy atom. The number of ether oxygens (including phenoxy) is 3. The fourth-order valence-electron chi connectivity index (χ4n) is 4.58. The molecule has 0 atom stereocenters. The standard InChI is InChI=1S/C29H31N5O3/c1-35-26-15-22(10-12-25(26)37-19-23-11-13-27(36-2)31-17-23)18-34-28-24(33-29(34)30)14-21(16-32-28)9-8-20-6-4-3-5-7-20/h10-17,20H,3-7,18-19H2,1-2H3,(H2,30,33). The summed E-state index contributed by atoms with van der Waals surface area (Å²) in [5.74, 6) is 9.45. The molecule has 4 aromatic rings. The minimum absolute atomic E-state index is 0.363. The molecule has 5 rings (SSSR count). The minimum atomic E-state index is 0.363. The molecule has 0 bridgehead atoms. The van der Waals surface area contributed by atoms with Gasteiger partial charge in [0, 0.05) is 35.5 Å². The van der Waals surface area contributed by atoms with E-state index >= 15 is 0 Å². The Morgan fingerprint density at radius 1 is 0.946 bits per heavy atom. The number of imidazole rings is 1. The lowest BCUT2D eigenvalue weighted by Gasteiger charge is -2.15. The largest absolute Gasteiger partial charge is 0.493 e. The van der Waals surface area contributed by atoms with E-state index in [0.717, 1.165) is 27.9 Å². The summed E-state index contributed by atoms with van der Waals surface area (Å²) in [7, 11) is 3.21. The van der Waals surface area contributed by atoms with Gasteiger partial charge in [0.05, 0.1) is 20.8 Å². The first-order valence-corrected chi connectivity index (χ1v) is 12.5. The van der Waals surface area contributed by atoms with Gasteiger partial charge in [-0.2, -0.15) is 0 Å². The number of hydrogen-bond donors (Lipinski definition) is 1. The Kier molecular flexibility index (Phi) is 7.41. The highest BCUT2D eigenvalue weighted by molar-refractivity contribution is 5.75. The quantitative estimate of drug-likeness (QED) is 0.360. The highest BCUT2D eigenvalue weighted by atomic mass is 16.5. The third-order valence-corrected chi connectivity index (χ3v) is 6.61. The van der Waals surface area contributed by atoms with Crippen molar-refractivity contribution in [2.24, 2.45) is 5.92 Å². The van der Waals surface area contributed by atoms with E-state index in [1.807, 2.05) is 34.9 Å². The van der Waals surface area contributed by atoms with E-state index in [4.69, 9.17) is 19.9 Å². The molecule has 3 aromatic heterocycles. The molecule has 190 valence electrons. The second-order valence-corrected chi connectivity index (χ2v) is 9.21. The van der Waals surface area contributed by atoms with Gasteiger partial charge in [0.25, 0.3) is 0 Å². The van der Waals surface area contributed by atoms with Crippen molar-refractivity contribution >= 4 is 17.1 Å². The van der Waals surface area contributed by atoms with E-state index in [9.17, 15) is 0 Å². The third-order valence-electron chi connectivity index (χ3n) is 6.61. The Hall–Kier alpha value is -4.25. The molecule has 0 radical (unpaired) electrons. The van der Waals surface area contributed by atoms with Gasteiger partial charge in [-0.05, 0) is 42.7 Å². The maximum Gasteiger partial charge on any atom is 0.212 e. The molecule has 0 spiro atoms. The van der Waals surface area contributed by atoms with Gasteiger partial charge in [-0.15, -0.1) is 0 Å². The first-order chi connectivity index (χ1) is 18.1. The number of anilines is 1. The summed E-state index contributed by atoms with van der Waals surface area (Å²) in [5, 5.41) is 0. The maximum absolute atomic E-state index is 6.28. The molecule has 37 heavy (non-hydrogen) atoms. The smallest absolute Gasteiger partial charge is 0.212 e. The Balaban J connectivity index is 1.30. The molecule has 1 saturated carbocycles. The number of rotatable bonds is 7. The highest BCUT2D eigenvalue weighted by Crippen LogP contribution is 2.30. The number of pyridine rings is 2. The van der Waals surface area contributed by atoms with E-state index in [1.165, 1.54) is 32.1 Å². The van der Waals surface area contributed by atoms with Crippen molar-refractivity contribution in [1.82, 2.24) is 19.5 Å². The molecule has 0 aliphatic heterocycles. The van der Waals surface area contributed by atoms with Crippen LogP contribution in [0.4, 0.5) is 5.95 Å². The van der Waals surface area contributed by atoms with Crippen LogP contribution in [0.2, 0.25) is 0 Å². The number of hydrogen-bond acceptors (Lipinski definition) is 7. The summed E-state index contributed by atoms with van der Waals surface area (Å²) in [4.78, 5) is 13.4. The van der Waals surface area contributed by atoms with E-state index in [-0.39, 0.29) is 0 Å². The van der Waals surface area contributed by atoms with Crippen molar-refractivity contribution in [2.75, 3.05) is 20.0 Å². The summed E-state index contributed by atoms with van der Waals surface area (Å²) in [5.41, 5.74) is 10.5. The summed E-state index contributed by atoms with van der Waals surface area (Å²) in [6.07, 6.45) is 9.79. The molecular formula is C29H31N5O3. The molecule has 1 aromatic carbocycles. The second kappa shape index (κ2) is 11.2. The SMILES string of the molecule is COc1ccc(COc2ccc(Cn3c(N)nc4cc(C#CC5CCCCC5)cnc43)cc2OC)cn1. The highest BCUT2D eigenvalue weighted by Gasteiger charge is 2.14. The molecule has 1 fully saturated rings. The van der Waals surface area contributed by atoms with Crippen LogP contribution >= 0.6 is 0 Å². The van der Waals surface area contributed by atoms with Gasteiger partial charge in [-0.3, -0.25) is 4.57 Å². The van der Waals surface area contributed by atoms with Crippen LogP contribution in [0.15, 0.2) is 48.8 Å². The predicted octanol–water partition coefficient (Wildman–Crippen LogP) is 4.98. The fraction of sp³-hybridized carbons (Fsp3) is 0.345. The monoisotopic (exact) mass is 497 g/mol. The molecule has 8 heteroatoms. The van der Waals surface area contributed by atoms with Crippen molar-refractivity contribution in [1.29, 1.82) is 0 Å². The molecule has 1 aliphatic carbocycles. The minimum Gasteiger partial charge on any atom is -0.493 e. The molecule has 3 heterocycles. The molecule has 0 unspecified atom stereocenters. The zero-order chi connectivity index (χ0) is 25.6. The van der Waals surface area contributed by atoms with E-state index in [2.05, 4.69) is 26.8 Å². The Labute approximate surface area is 216 Å². The number of fused-ring (bicyclic) bond motifs is 1. The lowest BCUT2D eigenvalue weighted by atomic mass is 9.90. The molecule has 0 amide bonds. The van der Waals surface area contributed by atoms with Gasteiger partial charge in [0.2, 0.25) is 11.8 Å². The van der Waals surface area contributed by atoms with E-state index in [0.29, 0.717) is 42.4 Å². The number of nitrogen functional groups attached to an aromatic ring is 1. The lowest BCUT2D eigenvalue weighted by molar-refractivity contribution is 0.283. The van der Waals surface area contributed by atoms with Crippen molar-refractivity contribution in [3.8, 4) is 29.2 Å². The number of nitrogens with two attached hydrogens (primary N) is 1. The second-order valence-electron chi connectivity index (χ2n) is 9.21. The van der Waals surface area contributed by atoms with Gasteiger partial charge >= 0.3 is 0 Å². The zero-order valence-electron chi connectivity index (χ0n) is 21.2. The summed E-state index contributed by atoms with van der Waals surface area (Å²) in [6, 6.07) is 11.5. The van der Waals surface area contributed by atoms with Crippen molar-refractivity contribution in [3.63, 3.8) is 0 Å². The average molecular weight is 498 g/mol. The first kappa shape index (κ1) is 24.4. The molecule has 8 nitrogen and oxygen atoms in total. The molecule has 0 saturated heterocycles. The van der Waals surface area contributed by atoms with Gasteiger partial charge in [-0.1, -0.05) is 37.2 Å². The number of benzene rings is 1. The lowest BCUT2D eigenvalue weighted by Crippen LogP contribution is -2.06. The van der Waals surface area contributed by atoms with Crippen LogP contribution in [0.1, 0.15) is 48.8 Å². The Bertz CT molecular complexity index is 1430. The average Bonchev–Trinajstić information content (AvgIpc) is 3.25. The topological polar surface area (TPSA) is 97.3 Å². The van der Waals surface area contributed by atoms with Crippen LogP contribution < -0.4 is 19.9 Å². The van der Waals surface area contributed by atoms with Crippen LogP contribution in [0, 0.1) is 17.8 Å². The van der Waals surface area contributed by atoms with Crippen LogP contribution in [0.25, 0.3) is 11.2 Å². The summed E-state index contributed by atoms with van der Waals surface area (Å²) >= 11 is 0. The number of nitrogens with zero attached hydrogens (tertiary/aromatic N) is 4. The predicted molar refractivity (Wildman–Crippen MR) is 143 cm³/mol. The van der Waals surface area contributed by atoms with Crippen molar-refractivity contribution < 1.29 is 14.2 Å². The number of aromatic nitrogens is 4. The molecule has 2 N–H and O–H groups in total. The normalized spacial score (nSPS) is 13.7.